The van der Waals surface area contributed by atoms with Crippen molar-refractivity contribution in [3.8, 4) is 0 Å². The quantitative estimate of drug-likeness (QED) is 0.615. The van der Waals surface area contributed by atoms with Crippen molar-refractivity contribution in [1.82, 2.24) is 5.32 Å². The number of anilines is 1. The van der Waals surface area contributed by atoms with Crippen LogP contribution in [0, 0.1) is 13.8 Å². The lowest BCUT2D eigenvalue weighted by molar-refractivity contribution is -0.123. The van der Waals surface area contributed by atoms with Gasteiger partial charge in [0.15, 0.2) is 0 Å². The normalized spacial score (nSPS) is 15.0. The maximum absolute atomic E-state index is 12.7. The van der Waals surface area contributed by atoms with Gasteiger partial charge in [-0.25, -0.2) is 8.42 Å². The molecule has 29 heavy (non-hydrogen) atoms. The first-order valence-electron chi connectivity index (χ1n) is 9.76. The van der Waals surface area contributed by atoms with Crippen molar-refractivity contribution in [2.24, 2.45) is 0 Å². The first kappa shape index (κ1) is 21.3. The molecule has 0 spiro atoms. The molecule has 1 aliphatic carbocycles. The topological polar surface area (TPSA) is 84.5 Å². The average Bonchev–Trinajstić information content (AvgIpc) is 3.49. The fraction of sp³-hybridized carbons (Fsp3) is 0.409. The Bertz CT molecular complexity index is 980. The lowest BCUT2D eigenvalue weighted by Gasteiger charge is -2.17. The highest BCUT2D eigenvalue weighted by Gasteiger charge is 2.50. The zero-order valence-corrected chi connectivity index (χ0v) is 17.9. The third kappa shape index (κ3) is 4.79. The lowest BCUT2D eigenvalue weighted by Crippen LogP contribution is -2.35. The van der Waals surface area contributed by atoms with Gasteiger partial charge in [-0.3, -0.25) is 9.52 Å². The first-order chi connectivity index (χ1) is 13.8. The highest BCUT2D eigenvalue weighted by atomic mass is 32.2. The number of sulfonamides is 1. The van der Waals surface area contributed by atoms with Crippen LogP contribution in [0.3, 0.4) is 0 Å². The molecule has 1 fully saturated rings. The molecular formula is C22H28N2O4S. The maximum atomic E-state index is 12.7. The molecule has 0 atom stereocenters. The van der Waals surface area contributed by atoms with Gasteiger partial charge in [-0.2, -0.15) is 0 Å². The summed E-state index contributed by atoms with van der Waals surface area (Å²) >= 11 is 0. The van der Waals surface area contributed by atoms with Crippen LogP contribution in [0.2, 0.25) is 0 Å². The number of nitrogens with one attached hydrogen (secondary N) is 2. The Hall–Kier alpha value is -2.38. The Kier molecular flexibility index (Phi) is 6.29. The molecular weight excluding hydrogens is 388 g/mol. The van der Waals surface area contributed by atoms with Crippen LogP contribution in [0.25, 0.3) is 0 Å². The number of carbonyl (C=O) groups excluding carboxylic acids is 1. The van der Waals surface area contributed by atoms with Crippen LogP contribution in [-0.4, -0.2) is 34.6 Å². The third-order valence-corrected chi connectivity index (χ3v) is 6.85. The molecule has 1 saturated carbocycles. The van der Waals surface area contributed by atoms with Crippen molar-refractivity contribution in [3.05, 3.63) is 59.2 Å². The molecule has 7 heteroatoms. The number of benzene rings is 2. The number of hydrogen-bond acceptors (Lipinski definition) is 4. The fourth-order valence-corrected chi connectivity index (χ4v) is 4.46. The minimum Gasteiger partial charge on any atom is -0.385 e. The average molecular weight is 417 g/mol. The summed E-state index contributed by atoms with van der Waals surface area (Å²) in [6.45, 7) is 5.03. The lowest BCUT2D eigenvalue weighted by atomic mass is 9.95. The van der Waals surface area contributed by atoms with Crippen LogP contribution in [-0.2, 0) is 25.0 Å². The maximum Gasteiger partial charge on any atom is 0.261 e. The summed E-state index contributed by atoms with van der Waals surface area (Å²) in [6, 6.07) is 12.2. The van der Waals surface area contributed by atoms with Crippen LogP contribution in [0.1, 0.15) is 36.0 Å². The van der Waals surface area contributed by atoms with Crippen molar-refractivity contribution >= 4 is 21.6 Å². The van der Waals surface area contributed by atoms with E-state index in [0.717, 1.165) is 36.0 Å². The summed E-state index contributed by atoms with van der Waals surface area (Å²) in [5.74, 6) is 0.0251. The number of methoxy groups -OCH3 is 1. The number of amides is 1. The second-order valence-corrected chi connectivity index (χ2v) is 9.30. The minimum atomic E-state index is -3.66. The molecule has 1 amide bonds. The second kappa shape index (κ2) is 8.55. The zero-order valence-electron chi connectivity index (χ0n) is 17.1. The highest BCUT2D eigenvalue weighted by Crippen LogP contribution is 2.48. The standard InChI is InChI=1S/C22H28N2O4S/c1-16-5-10-20(15-17(16)2)29(26,27)24-19-8-6-18(7-9-19)22(11-12-22)21(25)23-13-4-14-28-3/h5-10,15,24H,4,11-14H2,1-3H3,(H,23,25). The molecule has 2 aromatic rings. The molecule has 2 aromatic carbocycles. The molecule has 6 nitrogen and oxygen atoms in total. The van der Waals surface area contributed by atoms with Crippen molar-refractivity contribution in [1.29, 1.82) is 0 Å². The summed E-state index contributed by atoms with van der Waals surface area (Å²) in [5.41, 5.74) is 2.87. The molecule has 1 aliphatic rings. The van der Waals surface area contributed by atoms with Gasteiger partial charge in [-0.15, -0.1) is 0 Å². The van der Waals surface area contributed by atoms with E-state index < -0.39 is 15.4 Å². The number of ether oxygens (including phenoxy) is 1. The SMILES string of the molecule is COCCCNC(=O)C1(c2ccc(NS(=O)(=O)c3ccc(C)c(C)c3)cc2)CC1. The van der Waals surface area contributed by atoms with E-state index in [1.165, 1.54) is 0 Å². The van der Waals surface area contributed by atoms with Crippen molar-refractivity contribution in [2.45, 2.75) is 43.4 Å². The molecule has 0 aromatic heterocycles. The van der Waals surface area contributed by atoms with E-state index in [0.29, 0.717) is 18.8 Å². The van der Waals surface area contributed by atoms with E-state index in [9.17, 15) is 13.2 Å². The van der Waals surface area contributed by atoms with Gasteiger partial charge in [0.05, 0.1) is 10.3 Å². The first-order valence-corrected chi connectivity index (χ1v) is 11.2. The Morgan fingerprint density at radius 1 is 1.07 bits per heavy atom. The molecule has 2 N–H and O–H groups in total. The third-order valence-electron chi connectivity index (χ3n) is 5.47. The predicted octanol–water partition coefficient (Wildman–Crippen LogP) is 3.29. The molecule has 0 bridgehead atoms. The van der Waals surface area contributed by atoms with E-state index in [1.807, 2.05) is 26.0 Å². The van der Waals surface area contributed by atoms with E-state index >= 15 is 0 Å². The van der Waals surface area contributed by atoms with Gasteiger partial charge in [0, 0.05) is 25.9 Å². The Labute approximate surface area is 172 Å². The molecule has 0 heterocycles. The smallest absolute Gasteiger partial charge is 0.261 e. The van der Waals surface area contributed by atoms with Gasteiger partial charge >= 0.3 is 0 Å². The Balaban J connectivity index is 1.68. The van der Waals surface area contributed by atoms with Crippen molar-refractivity contribution < 1.29 is 17.9 Å². The molecule has 0 saturated heterocycles. The Morgan fingerprint density at radius 3 is 2.34 bits per heavy atom. The fourth-order valence-electron chi connectivity index (χ4n) is 3.31. The van der Waals surface area contributed by atoms with Gasteiger partial charge in [-0.1, -0.05) is 18.2 Å². The van der Waals surface area contributed by atoms with E-state index in [-0.39, 0.29) is 10.8 Å². The molecule has 3 rings (SSSR count). The van der Waals surface area contributed by atoms with Gasteiger partial charge in [0.1, 0.15) is 0 Å². The summed E-state index contributed by atoms with van der Waals surface area (Å²) in [6.07, 6.45) is 2.38. The molecule has 0 unspecified atom stereocenters. The van der Waals surface area contributed by atoms with E-state index in [2.05, 4.69) is 10.0 Å². The van der Waals surface area contributed by atoms with E-state index in [1.54, 1.807) is 37.4 Å². The largest absolute Gasteiger partial charge is 0.385 e. The summed E-state index contributed by atoms with van der Waals surface area (Å²) in [4.78, 5) is 12.8. The van der Waals surface area contributed by atoms with Crippen molar-refractivity contribution in [2.75, 3.05) is 25.0 Å². The number of carbonyl (C=O) groups is 1. The number of rotatable bonds is 9. The highest BCUT2D eigenvalue weighted by molar-refractivity contribution is 7.92. The van der Waals surface area contributed by atoms with Gasteiger partial charge < -0.3 is 10.1 Å². The van der Waals surface area contributed by atoms with Crippen LogP contribution in [0.15, 0.2) is 47.4 Å². The molecule has 0 aliphatic heterocycles. The Morgan fingerprint density at radius 2 is 1.76 bits per heavy atom. The molecule has 0 radical (unpaired) electrons. The van der Waals surface area contributed by atoms with Crippen molar-refractivity contribution in [3.63, 3.8) is 0 Å². The van der Waals surface area contributed by atoms with Gasteiger partial charge in [0.2, 0.25) is 5.91 Å². The monoisotopic (exact) mass is 416 g/mol. The second-order valence-electron chi connectivity index (χ2n) is 7.61. The minimum absolute atomic E-state index is 0.0251. The van der Waals surface area contributed by atoms with Crippen LogP contribution < -0.4 is 10.0 Å². The van der Waals surface area contributed by atoms with Crippen LogP contribution in [0.4, 0.5) is 5.69 Å². The number of aryl methyl sites for hydroxylation is 2. The summed E-state index contributed by atoms with van der Waals surface area (Å²) < 4.78 is 32.9. The van der Waals surface area contributed by atoms with E-state index in [4.69, 9.17) is 4.74 Å². The van der Waals surface area contributed by atoms with Crippen LogP contribution in [0.5, 0.6) is 0 Å². The zero-order chi connectivity index (χ0) is 21.1. The summed E-state index contributed by atoms with van der Waals surface area (Å²) in [5, 5.41) is 2.97. The van der Waals surface area contributed by atoms with Gasteiger partial charge in [0.25, 0.3) is 10.0 Å². The predicted molar refractivity (Wildman–Crippen MR) is 114 cm³/mol. The molecule has 156 valence electrons. The van der Waals surface area contributed by atoms with Crippen LogP contribution >= 0.6 is 0 Å². The van der Waals surface area contributed by atoms with Gasteiger partial charge in [-0.05, 0) is 74.1 Å². The summed E-state index contributed by atoms with van der Waals surface area (Å²) in [7, 11) is -2.02. The number of hydrogen-bond donors (Lipinski definition) is 2.